The van der Waals surface area contributed by atoms with Crippen molar-refractivity contribution >= 4 is 22.6 Å². The molecule has 1 N–H and O–H groups in total. The van der Waals surface area contributed by atoms with E-state index < -0.39 is 5.97 Å². The summed E-state index contributed by atoms with van der Waals surface area (Å²) in [6.07, 6.45) is 1.19. The monoisotopic (exact) mass is 238 g/mol. The number of halogens is 1. The van der Waals surface area contributed by atoms with Crippen molar-refractivity contribution in [3.05, 3.63) is 34.9 Å². The summed E-state index contributed by atoms with van der Waals surface area (Å²) in [6.45, 7) is 0. The Morgan fingerprint density at radius 3 is 2.81 bits per heavy atom. The third kappa shape index (κ3) is 1.78. The van der Waals surface area contributed by atoms with Crippen LogP contribution in [0.4, 0.5) is 0 Å². The first kappa shape index (κ1) is 11.0. The van der Waals surface area contributed by atoms with Crippen molar-refractivity contribution in [2.24, 2.45) is 0 Å². The zero-order chi connectivity index (χ0) is 11.7. The van der Waals surface area contributed by atoms with Crippen molar-refractivity contribution in [2.75, 3.05) is 7.11 Å². The molecule has 0 aliphatic heterocycles. The highest BCUT2D eigenvalue weighted by atomic mass is 35.5. The topological polar surface area (TPSA) is 46.5 Å². The number of methoxy groups -OCH3 is 1. The summed E-state index contributed by atoms with van der Waals surface area (Å²) in [7, 11) is 1.57. The van der Waals surface area contributed by atoms with E-state index in [1.165, 1.54) is 0 Å². The Labute approximate surface area is 98.3 Å². The lowest BCUT2D eigenvalue weighted by molar-refractivity contribution is -0.132. The summed E-state index contributed by atoms with van der Waals surface area (Å²) in [5, 5.41) is 9.31. The van der Waals surface area contributed by atoms with Crippen LogP contribution in [0.5, 0.6) is 5.75 Å². The van der Waals surface area contributed by atoms with Gasteiger partial charge in [-0.1, -0.05) is 17.7 Å². The largest absolute Gasteiger partial charge is 0.497 e. The van der Waals surface area contributed by atoms with E-state index in [1.807, 2.05) is 12.1 Å². The van der Waals surface area contributed by atoms with Crippen LogP contribution in [0.25, 0.3) is 5.03 Å². The lowest BCUT2D eigenvalue weighted by Crippen LogP contribution is -2.09. The number of hydrogen-bond acceptors (Lipinski definition) is 2. The summed E-state index contributed by atoms with van der Waals surface area (Å²) < 4.78 is 5.10. The minimum atomic E-state index is -0.946. The van der Waals surface area contributed by atoms with Gasteiger partial charge in [-0.2, -0.15) is 0 Å². The van der Waals surface area contributed by atoms with Gasteiger partial charge in [0.1, 0.15) is 5.75 Å². The van der Waals surface area contributed by atoms with Crippen molar-refractivity contribution in [1.29, 1.82) is 0 Å². The molecular weight excluding hydrogens is 228 g/mol. The molecule has 1 aliphatic rings. The Hall–Kier alpha value is -1.48. The Balaban J connectivity index is 2.55. The standard InChI is InChI=1S/C12H11ClO3/c1-16-8-4-2-7-3-5-9(12(14)15)11(13)10(7)6-8/h2,4,6H,3,5H2,1H3,(H,14,15). The number of rotatable bonds is 2. The highest BCUT2D eigenvalue weighted by molar-refractivity contribution is 6.51. The first-order valence-electron chi connectivity index (χ1n) is 4.92. The molecule has 0 atom stereocenters. The molecular formula is C12H11ClO3. The number of fused-ring (bicyclic) bond motifs is 1. The van der Waals surface area contributed by atoms with Crippen molar-refractivity contribution in [3.63, 3.8) is 0 Å². The van der Waals surface area contributed by atoms with Crippen LogP contribution >= 0.6 is 11.6 Å². The molecule has 0 aromatic heterocycles. The van der Waals surface area contributed by atoms with Crippen LogP contribution in [0, 0.1) is 0 Å². The number of aliphatic carboxylic acids is 1. The van der Waals surface area contributed by atoms with Crippen LogP contribution in [-0.4, -0.2) is 18.2 Å². The van der Waals surface area contributed by atoms with E-state index in [0.29, 0.717) is 23.6 Å². The molecule has 3 nitrogen and oxygen atoms in total. The van der Waals surface area contributed by atoms with Crippen LogP contribution in [-0.2, 0) is 11.2 Å². The van der Waals surface area contributed by atoms with Crippen molar-refractivity contribution in [3.8, 4) is 5.75 Å². The van der Waals surface area contributed by atoms with E-state index in [1.54, 1.807) is 13.2 Å². The average molecular weight is 239 g/mol. The van der Waals surface area contributed by atoms with Crippen LogP contribution in [0.1, 0.15) is 17.5 Å². The normalized spacial score (nSPS) is 14.6. The summed E-state index contributed by atoms with van der Waals surface area (Å²) >= 11 is 6.08. The van der Waals surface area contributed by atoms with Crippen molar-refractivity contribution < 1.29 is 14.6 Å². The molecule has 1 aliphatic carbocycles. The van der Waals surface area contributed by atoms with Gasteiger partial charge in [-0.25, -0.2) is 4.79 Å². The van der Waals surface area contributed by atoms with E-state index in [4.69, 9.17) is 21.4 Å². The van der Waals surface area contributed by atoms with Gasteiger partial charge in [0.2, 0.25) is 0 Å². The summed E-state index contributed by atoms with van der Waals surface area (Å²) in [5.74, 6) is -0.262. The predicted molar refractivity (Wildman–Crippen MR) is 61.7 cm³/mol. The van der Waals surface area contributed by atoms with E-state index in [-0.39, 0.29) is 5.57 Å². The zero-order valence-corrected chi connectivity index (χ0v) is 9.54. The van der Waals surface area contributed by atoms with Crippen LogP contribution < -0.4 is 4.74 Å². The third-order valence-electron chi connectivity index (χ3n) is 2.72. The van der Waals surface area contributed by atoms with Crippen LogP contribution in [0.2, 0.25) is 0 Å². The maximum atomic E-state index is 11.0. The summed E-state index contributed by atoms with van der Waals surface area (Å²) in [5.41, 5.74) is 2.11. The van der Waals surface area contributed by atoms with Crippen molar-refractivity contribution in [2.45, 2.75) is 12.8 Å². The van der Waals surface area contributed by atoms with E-state index >= 15 is 0 Å². The Kier molecular flexibility index (Phi) is 2.88. The van der Waals surface area contributed by atoms with Gasteiger partial charge in [-0.15, -0.1) is 0 Å². The fraction of sp³-hybridized carbons (Fsp3) is 0.250. The van der Waals surface area contributed by atoms with Gasteiger partial charge in [-0.3, -0.25) is 0 Å². The Morgan fingerprint density at radius 2 is 2.19 bits per heavy atom. The quantitative estimate of drug-likeness (QED) is 0.862. The number of carboxylic acids is 1. The molecule has 16 heavy (non-hydrogen) atoms. The number of ether oxygens (including phenoxy) is 1. The number of carbonyl (C=O) groups is 1. The molecule has 0 unspecified atom stereocenters. The number of carboxylic acid groups (broad SMARTS) is 1. The molecule has 2 rings (SSSR count). The lowest BCUT2D eigenvalue weighted by atomic mass is 9.92. The zero-order valence-electron chi connectivity index (χ0n) is 8.79. The third-order valence-corrected chi connectivity index (χ3v) is 3.15. The molecule has 0 amide bonds. The van der Waals surface area contributed by atoms with Gasteiger partial charge >= 0.3 is 5.97 Å². The van der Waals surface area contributed by atoms with E-state index in [9.17, 15) is 4.79 Å². The number of hydrogen-bond donors (Lipinski definition) is 1. The van der Waals surface area contributed by atoms with Crippen LogP contribution in [0.15, 0.2) is 23.8 Å². The van der Waals surface area contributed by atoms with Gasteiger partial charge in [0.25, 0.3) is 0 Å². The highest BCUT2D eigenvalue weighted by Crippen LogP contribution is 2.36. The molecule has 0 saturated heterocycles. The fourth-order valence-corrected chi connectivity index (χ4v) is 2.19. The first-order valence-corrected chi connectivity index (χ1v) is 5.30. The summed E-state index contributed by atoms with van der Waals surface area (Å²) in [6, 6.07) is 5.56. The number of aryl methyl sites for hydroxylation is 1. The lowest BCUT2D eigenvalue weighted by Gasteiger charge is -2.18. The molecule has 0 spiro atoms. The highest BCUT2D eigenvalue weighted by Gasteiger charge is 2.22. The molecule has 84 valence electrons. The van der Waals surface area contributed by atoms with Crippen LogP contribution in [0.3, 0.4) is 0 Å². The van der Waals surface area contributed by atoms with Gasteiger partial charge < -0.3 is 9.84 Å². The molecule has 0 bridgehead atoms. The van der Waals surface area contributed by atoms with Gasteiger partial charge in [0.15, 0.2) is 0 Å². The second kappa shape index (κ2) is 4.18. The van der Waals surface area contributed by atoms with E-state index in [2.05, 4.69) is 0 Å². The summed E-state index contributed by atoms with van der Waals surface area (Å²) in [4.78, 5) is 11.0. The van der Waals surface area contributed by atoms with Crippen molar-refractivity contribution in [1.82, 2.24) is 0 Å². The Bertz CT molecular complexity index is 477. The van der Waals surface area contributed by atoms with Gasteiger partial charge in [0, 0.05) is 5.56 Å². The SMILES string of the molecule is COc1ccc2c(c1)C(Cl)=C(C(=O)O)CC2. The molecule has 0 radical (unpaired) electrons. The minimum Gasteiger partial charge on any atom is -0.497 e. The second-order valence-corrected chi connectivity index (χ2v) is 4.00. The van der Waals surface area contributed by atoms with Gasteiger partial charge in [0.05, 0.1) is 17.7 Å². The Morgan fingerprint density at radius 1 is 1.44 bits per heavy atom. The first-order chi connectivity index (χ1) is 7.63. The molecule has 1 aromatic carbocycles. The van der Waals surface area contributed by atoms with Gasteiger partial charge in [-0.05, 0) is 30.5 Å². The maximum absolute atomic E-state index is 11.0. The smallest absolute Gasteiger partial charge is 0.333 e. The molecule has 4 heteroatoms. The molecule has 0 saturated carbocycles. The second-order valence-electron chi connectivity index (χ2n) is 3.62. The minimum absolute atomic E-state index is 0.280. The predicted octanol–water partition coefficient (Wildman–Crippen LogP) is 2.68. The number of benzene rings is 1. The average Bonchev–Trinajstić information content (AvgIpc) is 2.28. The maximum Gasteiger partial charge on any atom is 0.333 e. The molecule has 0 heterocycles. The fourth-order valence-electron chi connectivity index (χ4n) is 1.84. The molecule has 0 fully saturated rings. The molecule has 1 aromatic rings. The van der Waals surface area contributed by atoms with E-state index in [0.717, 1.165) is 11.1 Å².